The van der Waals surface area contributed by atoms with Crippen LogP contribution in [0.1, 0.15) is 42.5 Å². The number of benzene rings is 2. The van der Waals surface area contributed by atoms with E-state index < -0.39 is 10.0 Å². The molecule has 0 unspecified atom stereocenters. The second kappa shape index (κ2) is 9.96. The quantitative estimate of drug-likeness (QED) is 0.392. The first-order valence-electron chi connectivity index (χ1n) is 9.34. The minimum absolute atomic E-state index is 0.00962. The molecule has 0 aliphatic heterocycles. The molecule has 3 N–H and O–H groups in total. The van der Waals surface area contributed by atoms with Crippen LogP contribution < -0.4 is 15.4 Å². The van der Waals surface area contributed by atoms with E-state index in [0.29, 0.717) is 11.3 Å². The Bertz CT molecular complexity index is 988. The van der Waals surface area contributed by atoms with Gasteiger partial charge in [-0.05, 0) is 90.1 Å². The van der Waals surface area contributed by atoms with Crippen LogP contribution in [0.3, 0.4) is 0 Å². The molecule has 0 heterocycles. The van der Waals surface area contributed by atoms with Crippen molar-refractivity contribution in [3.05, 3.63) is 57.7 Å². The van der Waals surface area contributed by atoms with E-state index in [1.165, 1.54) is 18.6 Å². The predicted octanol–water partition coefficient (Wildman–Crippen LogP) is 4.03. The highest BCUT2D eigenvalue weighted by atomic mass is 127. The number of hydrogen-bond acceptors (Lipinski definition) is 4. The molecule has 0 atom stereocenters. The molecule has 1 aliphatic rings. The number of hydrogen-bond donors (Lipinski definition) is 3. The molecule has 1 fully saturated rings. The van der Waals surface area contributed by atoms with Crippen LogP contribution in [0.2, 0.25) is 0 Å². The highest BCUT2D eigenvalue weighted by molar-refractivity contribution is 14.1. The second-order valence-electron chi connectivity index (χ2n) is 6.90. The summed E-state index contributed by atoms with van der Waals surface area (Å²) in [5.74, 6) is -0.308. The number of anilines is 1. The molecule has 9 heteroatoms. The summed E-state index contributed by atoms with van der Waals surface area (Å²) >= 11 is 7.32. The third-order valence-corrected chi connectivity index (χ3v) is 7.07. The topological polar surface area (TPSA) is 87.3 Å². The lowest BCUT2D eigenvalue weighted by Gasteiger charge is -2.22. The Kier molecular flexibility index (Phi) is 7.60. The smallest absolute Gasteiger partial charge is 0.257 e. The summed E-state index contributed by atoms with van der Waals surface area (Å²) < 4.78 is 28.8. The van der Waals surface area contributed by atoms with E-state index in [1.807, 2.05) is 6.07 Å². The zero-order chi connectivity index (χ0) is 20.9. The van der Waals surface area contributed by atoms with Crippen LogP contribution in [0.25, 0.3) is 0 Å². The Morgan fingerprint density at radius 2 is 1.72 bits per heavy atom. The summed E-state index contributed by atoms with van der Waals surface area (Å²) in [7, 11) is -3.55. The highest BCUT2D eigenvalue weighted by Crippen LogP contribution is 2.21. The summed E-state index contributed by atoms with van der Waals surface area (Å²) in [6, 6.07) is 13.5. The van der Waals surface area contributed by atoms with Crippen molar-refractivity contribution in [3.8, 4) is 0 Å². The van der Waals surface area contributed by atoms with Gasteiger partial charge in [-0.1, -0.05) is 25.3 Å². The van der Waals surface area contributed by atoms with Crippen LogP contribution in [0, 0.1) is 3.57 Å². The molecule has 0 bridgehead atoms. The van der Waals surface area contributed by atoms with Gasteiger partial charge < -0.3 is 5.32 Å². The van der Waals surface area contributed by atoms with Gasteiger partial charge in [0.15, 0.2) is 5.11 Å². The minimum Gasteiger partial charge on any atom is -0.332 e. The number of sulfonamides is 1. The zero-order valence-corrected chi connectivity index (χ0v) is 19.4. The first kappa shape index (κ1) is 22.1. The summed E-state index contributed by atoms with van der Waals surface area (Å²) in [5, 5.41) is 5.66. The molecule has 29 heavy (non-hydrogen) atoms. The number of rotatable bonds is 5. The van der Waals surface area contributed by atoms with Gasteiger partial charge >= 0.3 is 0 Å². The molecule has 6 nitrogen and oxygen atoms in total. The molecular weight excluding hydrogens is 521 g/mol. The lowest BCUT2D eigenvalue weighted by Crippen LogP contribution is -2.36. The third kappa shape index (κ3) is 6.46. The summed E-state index contributed by atoms with van der Waals surface area (Å²) in [6.45, 7) is 0. The standard InChI is InChI=1S/C20H22IN3O3S2/c21-15-6-4-5-14(13-15)19(25)23-20(28)22-16-9-11-18(12-10-16)29(26,27)24-17-7-2-1-3-8-17/h4-6,9-13,17,24H,1-3,7-8H2,(H2,22,23,25,28). The van der Waals surface area contributed by atoms with E-state index in [1.54, 1.807) is 30.3 Å². The largest absolute Gasteiger partial charge is 0.332 e. The summed E-state index contributed by atoms with van der Waals surface area (Å²) in [6.07, 6.45) is 5.04. The first-order valence-corrected chi connectivity index (χ1v) is 12.3. The van der Waals surface area contributed by atoms with E-state index in [-0.39, 0.29) is 22.0 Å². The van der Waals surface area contributed by atoms with Crippen molar-refractivity contribution in [2.24, 2.45) is 0 Å². The molecular formula is C20H22IN3O3S2. The van der Waals surface area contributed by atoms with Crippen molar-refractivity contribution in [1.29, 1.82) is 0 Å². The lowest BCUT2D eigenvalue weighted by molar-refractivity contribution is 0.0977. The van der Waals surface area contributed by atoms with Crippen molar-refractivity contribution in [2.45, 2.75) is 43.0 Å². The average molecular weight is 543 g/mol. The monoisotopic (exact) mass is 543 g/mol. The first-order chi connectivity index (χ1) is 13.8. The van der Waals surface area contributed by atoms with Gasteiger partial charge in [0.1, 0.15) is 0 Å². The fourth-order valence-corrected chi connectivity index (χ4v) is 5.25. The van der Waals surface area contributed by atoms with E-state index in [2.05, 4.69) is 37.9 Å². The SMILES string of the molecule is O=C(NC(=S)Nc1ccc(S(=O)(=O)NC2CCCCC2)cc1)c1cccc(I)c1. The molecule has 1 aliphatic carbocycles. The molecule has 0 saturated heterocycles. The van der Waals surface area contributed by atoms with Crippen LogP contribution in [-0.2, 0) is 10.0 Å². The number of thiocarbonyl (C=S) groups is 1. The Balaban J connectivity index is 1.58. The van der Waals surface area contributed by atoms with Crippen molar-refractivity contribution < 1.29 is 13.2 Å². The molecule has 154 valence electrons. The number of amides is 1. The van der Waals surface area contributed by atoms with E-state index >= 15 is 0 Å². The van der Waals surface area contributed by atoms with Gasteiger partial charge in [0.05, 0.1) is 4.90 Å². The average Bonchev–Trinajstić information content (AvgIpc) is 2.68. The number of halogens is 1. The van der Waals surface area contributed by atoms with Crippen LogP contribution in [-0.4, -0.2) is 25.5 Å². The highest BCUT2D eigenvalue weighted by Gasteiger charge is 2.21. The summed E-state index contributed by atoms with van der Waals surface area (Å²) in [5.41, 5.74) is 1.10. The van der Waals surface area contributed by atoms with Gasteiger partial charge in [-0.2, -0.15) is 0 Å². The zero-order valence-electron chi connectivity index (χ0n) is 15.7. The van der Waals surface area contributed by atoms with E-state index in [0.717, 1.165) is 29.3 Å². The summed E-state index contributed by atoms with van der Waals surface area (Å²) in [4.78, 5) is 12.5. The van der Waals surface area contributed by atoms with Crippen molar-refractivity contribution in [2.75, 3.05) is 5.32 Å². The molecule has 0 aromatic heterocycles. The minimum atomic E-state index is -3.55. The Morgan fingerprint density at radius 1 is 1.03 bits per heavy atom. The molecule has 1 amide bonds. The van der Waals surface area contributed by atoms with Crippen LogP contribution in [0.15, 0.2) is 53.4 Å². The number of nitrogens with one attached hydrogen (secondary N) is 3. The normalized spacial score (nSPS) is 14.9. The Labute approximate surface area is 190 Å². The molecule has 2 aromatic carbocycles. The van der Waals surface area contributed by atoms with Crippen LogP contribution in [0.5, 0.6) is 0 Å². The maximum absolute atomic E-state index is 12.5. The maximum Gasteiger partial charge on any atom is 0.257 e. The van der Waals surface area contributed by atoms with E-state index in [9.17, 15) is 13.2 Å². The van der Waals surface area contributed by atoms with Crippen molar-refractivity contribution in [3.63, 3.8) is 0 Å². The third-order valence-electron chi connectivity index (χ3n) is 4.66. The van der Waals surface area contributed by atoms with Crippen molar-refractivity contribution in [1.82, 2.24) is 10.0 Å². The lowest BCUT2D eigenvalue weighted by atomic mass is 9.96. The molecule has 0 radical (unpaired) electrons. The van der Waals surface area contributed by atoms with Gasteiger partial charge in [-0.15, -0.1) is 0 Å². The molecule has 0 spiro atoms. The fraction of sp³-hybridized carbons (Fsp3) is 0.300. The van der Waals surface area contributed by atoms with Gasteiger partial charge in [0.2, 0.25) is 10.0 Å². The number of carbonyl (C=O) groups is 1. The predicted molar refractivity (Wildman–Crippen MR) is 126 cm³/mol. The van der Waals surface area contributed by atoms with E-state index in [4.69, 9.17) is 12.2 Å². The molecule has 3 rings (SSSR count). The van der Waals surface area contributed by atoms with Gasteiger partial charge in [0.25, 0.3) is 5.91 Å². The maximum atomic E-state index is 12.5. The Hall–Kier alpha value is -1.56. The Morgan fingerprint density at radius 3 is 2.38 bits per heavy atom. The fourth-order valence-electron chi connectivity index (χ4n) is 3.19. The van der Waals surface area contributed by atoms with Gasteiger partial charge in [0, 0.05) is 20.9 Å². The van der Waals surface area contributed by atoms with Gasteiger partial charge in [-0.25, -0.2) is 13.1 Å². The molecule has 2 aromatic rings. The number of carbonyl (C=O) groups excluding carboxylic acids is 1. The van der Waals surface area contributed by atoms with Gasteiger partial charge in [-0.3, -0.25) is 10.1 Å². The van der Waals surface area contributed by atoms with Crippen molar-refractivity contribution >= 4 is 61.5 Å². The van der Waals surface area contributed by atoms with Crippen LogP contribution >= 0.6 is 34.8 Å². The molecule has 1 saturated carbocycles. The van der Waals surface area contributed by atoms with Crippen LogP contribution in [0.4, 0.5) is 5.69 Å². The second-order valence-corrected chi connectivity index (χ2v) is 10.3.